The molecule has 5 heteroatoms. The van der Waals surface area contributed by atoms with Gasteiger partial charge in [-0.2, -0.15) is 0 Å². The van der Waals surface area contributed by atoms with Gasteiger partial charge in [0.25, 0.3) is 0 Å². The number of guanidine groups is 1. The van der Waals surface area contributed by atoms with Crippen molar-refractivity contribution in [3.05, 3.63) is 94.5 Å². The van der Waals surface area contributed by atoms with Gasteiger partial charge in [-0.15, -0.1) is 0 Å². The number of anilines is 1. The van der Waals surface area contributed by atoms with Crippen LogP contribution in [0.3, 0.4) is 0 Å². The third kappa shape index (κ3) is 5.88. The van der Waals surface area contributed by atoms with Crippen LogP contribution in [0.25, 0.3) is 0 Å². The molecular weight excluding hydrogens is 406 g/mol. The number of aryl methyl sites for hydroxylation is 1. The topological polar surface area (TPSA) is 36.9 Å². The van der Waals surface area contributed by atoms with E-state index in [2.05, 4.69) is 41.1 Å². The lowest BCUT2D eigenvalue weighted by Crippen LogP contribution is -2.44. The Balaban J connectivity index is 1.70. The third-order valence-corrected chi connectivity index (χ3v) is 5.16. The van der Waals surface area contributed by atoms with Gasteiger partial charge in [-0.1, -0.05) is 47.7 Å². The van der Waals surface area contributed by atoms with Crippen molar-refractivity contribution in [1.82, 2.24) is 4.90 Å². The number of nitrogens with one attached hydrogen (secondary N) is 1. The van der Waals surface area contributed by atoms with Crippen LogP contribution in [0.1, 0.15) is 16.7 Å². The molecule has 0 spiro atoms. The molecule has 1 heterocycles. The smallest absolute Gasteiger partial charge is 0.203 e. The molecule has 1 N–H and O–H groups in total. The minimum atomic E-state index is 0.676. The number of hydrogen-bond donors (Lipinski definition) is 1. The number of aliphatic imine (C=N–C) groups is 1. The molecule has 0 amide bonds. The van der Waals surface area contributed by atoms with Crippen LogP contribution >= 0.6 is 11.6 Å². The molecule has 4 nitrogen and oxygen atoms in total. The Morgan fingerprint density at radius 3 is 2.45 bits per heavy atom. The van der Waals surface area contributed by atoms with Gasteiger partial charge in [-0.05, 0) is 61.0 Å². The molecule has 3 aromatic rings. The summed E-state index contributed by atoms with van der Waals surface area (Å²) < 4.78 is 5.53. The van der Waals surface area contributed by atoms with Gasteiger partial charge in [0.2, 0.25) is 5.96 Å². The van der Waals surface area contributed by atoms with E-state index >= 15 is 0 Å². The fraction of sp³-hybridized carbons (Fsp3) is 0.192. The van der Waals surface area contributed by atoms with Crippen molar-refractivity contribution in [3.8, 4) is 11.8 Å². The van der Waals surface area contributed by atoms with Crippen molar-refractivity contribution >= 4 is 28.9 Å². The molecule has 0 atom stereocenters. The predicted molar refractivity (Wildman–Crippen MR) is 128 cm³/mol. The number of ether oxygens (including phenoxy) is 1. The molecule has 1 saturated heterocycles. The number of rotatable bonds is 2. The summed E-state index contributed by atoms with van der Waals surface area (Å²) >= 11 is 6.05. The van der Waals surface area contributed by atoms with Crippen molar-refractivity contribution in [1.29, 1.82) is 0 Å². The predicted octanol–water partition coefficient (Wildman–Crippen LogP) is 5.48. The maximum atomic E-state index is 6.05. The van der Waals surface area contributed by atoms with Crippen LogP contribution in [0.15, 0.2) is 77.8 Å². The fourth-order valence-electron chi connectivity index (χ4n) is 3.24. The average molecular weight is 430 g/mol. The Bertz CT molecular complexity index is 1110. The highest BCUT2D eigenvalue weighted by atomic mass is 35.5. The fourth-order valence-corrected chi connectivity index (χ4v) is 3.36. The second-order valence-electron chi connectivity index (χ2n) is 7.30. The highest BCUT2D eigenvalue weighted by Crippen LogP contribution is 2.22. The van der Waals surface area contributed by atoms with Crippen LogP contribution in [-0.2, 0) is 4.74 Å². The van der Waals surface area contributed by atoms with Crippen molar-refractivity contribution in [3.63, 3.8) is 0 Å². The highest BCUT2D eigenvalue weighted by molar-refractivity contribution is 6.30. The Morgan fingerprint density at radius 1 is 0.968 bits per heavy atom. The molecule has 1 aliphatic rings. The molecule has 4 rings (SSSR count). The first-order valence-electron chi connectivity index (χ1n) is 10.3. The van der Waals surface area contributed by atoms with Crippen molar-refractivity contribution in [2.24, 2.45) is 4.99 Å². The summed E-state index contributed by atoms with van der Waals surface area (Å²) in [5, 5.41) is 4.15. The minimum absolute atomic E-state index is 0.676. The van der Waals surface area contributed by atoms with E-state index in [1.165, 1.54) is 0 Å². The van der Waals surface area contributed by atoms with Gasteiger partial charge >= 0.3 is 0 Å². The third-order valence-electron chi connectivity index (χ3n) is 4.90. The van der Waals surface area contributed by atoms with E-state index in [0.717, 1.165) is 47.1 Å². The SMILES string of the molecule is Cc1ccc(N=C(Nc2ccc(Cl)cc2)N2CCOCC2)c(C#Cc2ccccc2)c1. The summed E-state index contributed by atoms with van der Waals surface area (Å²) in [7, 11) is 0. The zero-order valence-corrected chi connectivity index (χ0v) is 18.2. The number of halogens is 1. The van der Waals surface area contributed by atoms with E-state index < -0.39 is 0 Å². The molecule has 1 aliphatic heterocycles. The molecule has 31 heavy (non-hydrogen) atoms. The standard InChI is InChI=1S/C26H24ClN3O/c1-20-7-14-25(22(19-20)9-8-21-5-3-2-4-6-21)29-26(30-15-17-31-18-16-30)28-24-12-10-23(27)11-13-24/h2-7,10-14,19H,15-18H2,1H3,(H,28,29). The van der Waals surface area contributed by atoms with Gasteiger partial charge in [-0.3, -0.25) is 0 Å². The monoisotopic (exact) mass is 429 g/mol. The van der Waals surface area contributed by atoms with Gasteiger partial charge in [-0.25, -0.2) is 4.99 Å². The average Bonchev–Trinajstić information content (AvgIpc) is 2.81. The zero-order chi connectivity index (χ0) is 21.5. The maximum absolute atomic E-state index is 6.05. The summed E-state index contributed by atoms with van der Waals surface area (Å²) in [6, 6.07) is 23.8. The first-order valence-corrected chi connectivity index (χ1v) is 10.7. The highest BCUT2D eigenvalue weighted by Gasteiger charge is 2.16. The Kier molecular flexibility index (Phi) is 6.89. The molecule has 0 unspecified atom stereocenters. The number of morpholine rings is 1. The number of nitrogens with zero attached hydrogens (tertiary/aromatic N) is 2. The minimum Gasteiger partial charge on any atom is -0.378 e. The Labute approximate surface area is 188 Å². The van der Waals surface area contributed by atoms with E-state index in [4.69, 9.17) is 21.3 Å². The lowest BCUT2D eigenvalue weighted by molar-refractivity contribution is 0.0680. The summed E-state index contributed by atoms with van der Waals surface area (Å²) in [4.78, 5) is 7.19. The van der Waals surface area contributed by atoms with Crippen LogP contribution in [-0.4, -0.2) is 37.2 Å². The summed E-state index contributed by atoms with van der Waals surface area (Å²) in [6.45, 7) is 4.97. The molecule has 0 saturated carbocycles. The summed E-state index contributed by atoms with van der Waals surface area (Å²) in [5.41, 5.74) is 4.78. The quantitative estimate of drug-likeness (QED) is 0.333. The second-order valence-corrected chi connectivity index (χ2v) is 7.74. The van der Waals surface area contributed by atoms with Crippen molar-refractivity contribution in [2.75, 3.05) is 31.6 Å². The van der Waals surface area contributed by atoms with Gasteiger partial charge < -0.3 is 15.0 Å². The Morgan fingerprint density at radius 2 is 1.71 bits per heavy atom. The molecule has 0 aliphatic carbocycles. The molecule has 0 bridgehead atoms. The van der Waals surface area contributed by atoms with Crippen LogP contribution in [0.4, 0.5) is 11.4 Å². The first-order chi connectivity index (χ1) is 15.2. The van der Waals surface area contributed by atoms with Gasteiger partial charge in [0.1, 0.15) is 0 Å². The number of hydrogen-bond acceptors (Lipinski definition) is 2. The van der Waals surface area contributed by atoms with Crippen LogP contribution in [0.5, 0.6) is 0 Å². The van der Waals surface area contributed by atoms with E-state index in [9.17, 15) is 0 Å². The van der Waals surface area contributed by atoms with Gasteiger partial charge in [0, 0.05) is 29.4 Å². The first kappa shape index (κ1) is 21.0. The van der Waals surface area contributed by atoms with Crippen molar-refractivity contribution in [2.45, 2.75) is 6.92 Å². The van der Waals surface area contributed by atoms with Gasteiger partial charge in [0.05, 0.1) is 24.5 Å². The summed E-state index contributed by atoms with van der Waals surface area (Å²) in [6.07, 6.45) is 0. The zero-order valence-electron chi connectivity index (χ0n) is 17.4. The summed E-state index contributed by atoms with van der Waals surface area (Å²) in [5.74, 6) is 7.33. The molecule has 3 aromatic carbocycles. The largest absolute Gasteiger partial charge is 0.378 e. The van der Waals surface area contributed by atoms with Crippen molar-refractivity contribution < 1.29 is 4.74 Å². The molecule has 0 radical (unpaired) electrons. The molecule has 1 fully saturated rings. The normalized spacial score (nSPS) is 14.0. The van der Waals surface area contributed by atoms with Crippen LogP contribution < -0.4 is 5.32 Å². The Hall–Kier alpha value is -3.26. The van der Waals surface area contributed by atoms with E-state index in [1.54, 1.807) is 0 Å². The van der Waals surface area contributed by atoms with Gasteiger partial charge in [0.15, 0.2) is 0 Å². The van der Waals surface area contributed by atoms with E-state index in [1.807, 2.05) is 60.7 Å². The van der Waals surface area contributed by atoms with E-state index in [0.29, 0.717) is 18.2 Å². The van der Waals surface area contributed by atoms with Crippen LogP contribution in [0.2, 0.25) is 5.02 Å². The maximum Gasteiger partial charge on any atom is 0.203 e. The molecule has 0 aromatic heterocycles. The van der Waals surface area contributed by atoms with Crippen LogP contribution in [0, 0.1) is 18.8 Å². The van der Waals surface area contributed by atoms with E-state index in [-0.39, 0.29) is 0 Å². The lowest BCUT2D eigenvalue weighted by atomic mass is 10.1. The molecular formula is C26H24ClN3O. The lowest BCUT2D eigenvalue weighted by Gasteiger charge is -2.30. The number of benzene rings is 3. The molecule has 156 valence electrons. The second kappa shape index (κ2) is 10.2.